The lowest BCUT2D eigenvalue weighted by Crippen LogP contribution is -2.37. The fraction of sp³-hybridized carbons (Fsp3) is 1.00. The molecule has 0 aromatic heterocycles. The van der Waals surface area contributed by atoms with E-state index >= 15 is 0 Å². The highest BCUT2D eigenvalue weighted by molar-refractivity contribution is 7.99. The number of nitrogens with zero attached hydrogens (tertiary/aromatic N) is 2. The Balaban J connectivity index is 1.53. The minimum absolute atomic E-state index is 1.32. The van der Waals surface area contributed by atoms with Crippen LogP contribution in [0, 0.1) is 0 Å². The summed E-state index contributed by atoms with van der Waals surface area (Å²) < 4.78 is 0. The van der Waals surface area contributed by atoms with Crippen LogP contribution in [0.25, 0.3) is 0 Å². The summed E-state index contributed by atoms with van der Waals surface area (Å²) in [4.78, 5) is 5.27. The highest BCUT2D eigenvalue weighted by Gasteiger charge is 2.12. The van der Waals surface area contributed by atoms with E-state index in [-0.39, 0.29) is 0 Å². The van der Waals surface area contributed by atoms with Gasteiger partial charge in [0.1, 0.15) is 0 Å². The molecule has 0 spiro atoms. The smallest absolute Gasteiger partial charge is 0.00727 e. The zero-order valence-electron chi connectivity index (χ0n) is 9.49. The Morgan fingerprint density at radius 1 is 0.667 bits per heavy atom. The van der Waals surface area contributed by atoms with Gasteiger partial charge in [-0.15, -0.1) is 0 Å². The van der Waals surface area contributed by atoms with Crippen molar-refractivity contribution in [2.75, 3.05) is 62.3 Å². The van der Waals surface area contributed by atoms with E-state index in [1.54, 1.807) is 0 Å². The minimum Gasteiger partial charge on any atom is -0.302 e. The summed E-state index contributed by atoms with van der Waals surface area (Å²) in [6, 6.07) is 0. The summed E-state index contributed by atoms with van der Waals surface area (Å²) in [5.41, 5.74) is 0. The van der Waals surface area contributed by atoms with Crippen molar-refractivity contribution in [1.82, 2.24) is 9.80 Å². The lowest BCUT2D eigenvalue weighted by Gasteiger charge is -2.29. The molecule has 0 saturated carbocycles. The van der Waals surface area contributed by atoms with Gasteiger partial charge >= 0.3 is 0 Å². The van der Waals surface area contributed by atoms with Gasteiger partial charge in [0, 0.05) is 49.2 Å². The molecule has 0 aliphatic carbocycles. The van der Waals surface area contributed by atoms with Gasteiger partial charge < -0.3 is 9.80 Å². The van der Waals surface area contributed by atoms with Gasteiger partial charge in [-0.3, -0.25) is 0 Å². The highest BCUT2D eigenvalue weighted by atomic mass is 32.2. The van der Waals surface area contributed by atoms with Crippen LogP contribution >= 0.6 is 23.5 Å². The van der Waals surface area contributed by atoms with E-state index in [9.17, 15) is 0 Å². The van der Waals surface area contributed by atoms with Crippen LogP contribution in [0.4, 0.5) is 0 Å². The summed E-state index contributed by atoms with van der Waals surface area (Å²) in [5.74, 6) is 5.39. The van der Waals surface area contributed by atoms with E-state index in [1.807, 2.05) is 0 Å². The van der Waals surface area contributed by atoms with E-state index < -0.39 is 0 Å². The molecule has 88 valence electrons. The van der Waals surface area contributed by atoms with Crippen molar-refractivity contribution in [2.45, 2.75) is 6.42 Å². The fourth-order valence-corrected chi connectivity index (χ4v) is 4.12. The Bertz CT molecular complexity index is 148. The van der Waals surface area contributed by atoms with Gasteiger partial charge in [0.2, 0.25) is 0 Å². The molecule has 2 aliphatic rings. The van der Waals surface area contributed by atoms with E-state index in [0.717, 1.165) is 0 Å². The molecule has 2 heterocycles. The monoisotopic (exact) mass is 246 g/mol. The SMILES string of the molecule is C(CN1CCSCC1)CN1CCSCC1. The quantitative estimate of drug-likeness (QED) is 0.741. The maximum absolute atomic E-state index is 2.63. The van der Waals surface area contributed by atoms with Gasteiger partial charge in [-0.25, -0.2) is 0 Å². The average Bonchev–Trinajstić information content (AvgIpc) is 2.32. The Hall–Kier alpha value is 0.620. The molecule has 0 bridgehead atoms. The van der Waals surface area contributed by atoms with Crippen molar-refractivity contribution in [3.63, 3.8) is 0 Å². The molecule has 2 saturated heterocycles. The summed E-state index contributed by atoms with van der Waals surface area (Å²) >= 11 is 4.21. The molecular weight excluding hydrogens is 224 g/mol. The van der Waals surface area contributed by atoms with Crippen molar-refractivity contribution in [2.24, 2.45) is 0 Å². The van der Waals surface area contributed by atoms with E-state index in [2.05, 4.69) is 33.3 Å². The van der Waals surface area contributed by atoms with Gasteiger partial charge in [-0.2, -0.15) is 23.5 Å². The fourth-order valence-electron chi connectivity index (χ4n) is 2.17. The van der Waals surface area contributed by atoms with Crippen LogP contribution in [0.5, 0.6) is 0 Å². The van der Waals surface area contributed by atoms with E-state index in [0.29, 0.717) is 0 Å². The molecule has 4 heteroatoms. The van der Waals surface area contributed by atoms with E-state index in [1.165, 1.54) is 68.7 Å². The molecule has 0 amide bonds. The predicted molar refractivity (Wildman–Crippen MR) is 72.1 cm³/mol. The third-order valence-corrected chi connectivity index (χ3v) is 5.04. The van der Waals surface area contributed by atoms with Crippen molar-refractivity contribution < 1.29 is 0 Å². The van der Waals surface area contributed by atoms with Crippen molar-refractivity contribution >= 4 is 23.5 Å². The Kier molecular flexibility index (Phi) is 5.68. The van der Waals surface area contributed by atoms with Crippen molar-refractivity contribution in [1.29, 1.82) is 0 Å². The minimum atomic E-state index is 1.32. The first-order valence-corrected chi connectivity index (χ1v) is 8.36. The molecule has 2 rings (SSSR count). The molecule has 0 radical (unpaired) electrons. The first kappa shape index (κ1) is 12.1. The van der Waals surface area contributed by atoms with Crippen LogP contribution in [-0.4, -0.2) is 72.1 Å². The van der Waals surface area contributed by atoms with Gasteiger partial charge in [0.25, 0.3) is 0 Å². The molecule has 0 aromatic rings. The van der Waals surface area contributed by atoms with Crippen LogP contribution in [0.2, 0.25) is 0 Å². The van der Waals surface area contributed by atoms with Gasteiger partial charge in [0.05, 0.1) is 0 Å². The topological polar surface area (TPSA) is 6.48 Å². The van der Waals surface area contributed by atoms with Crippen LogP contribution in [0.15, 0.2) is 0 Å². The molecule has 2 fully saturated rings. The number of hydrogen-bond donors (Lipinski definition) is 0. The number of thioether (sulfide) groups is 2. The van der Waals surface area contributed by atoms with Crippen LogP contribution in [0.3, 0.4) is 0 Å². The lowest BCUT2D eigenvalue weighted by atomic mass is 10.3. The molecule has 0 N–H and O–H groups in total. The lowest BCUT2D eigenvalue weighted by molar-refractivity contribution is 0.249. The van der Waals surface area contributed by atoms with Gasteiger partial charge in [0.15, 0.2) is 0 Å². The zero-order chi connectivity index (χ0) is 10.3. The van der Waals surface area contributed by atoms with Gasteiger partial charge in [-0.1, -0.05) is 0 Å². The van der Waals surface area contributed by atoms with Crippen LogP contribution < -0.4 is 0 Å². The highest BCUT2D eigenvalue weighted by Crippen LogP contribution is 2.11. The number of rotatable bonds is 4. The molecule has 0 unspecified atom stereocenters. The molecule has 15 heavy (non-hydrogen) atoms. The molecule has 0 atom stereocenters. The summed E-state index contributed by atoms with van der Waals surface area (Å²) in [6.45, 7) is 7.93. The Labute approximate surface area is 102 Å². The van der Waals surface area contributed by atoms with Crippen LogP contribution in [-0.2, 0) is 0 Å². The normalized spacial score (nSPS) is 25.6. The zero-order valence-corrected chi connectivity index (χ0v) is 11.1. The Morgan fingerprint density at radius 3 is 1.47 bits per heavy atom. The van der Waals surface area contributed by atoms with Crippen LogP contribution in [0.1, 0.15) is 6.42 Å². The third-order valence-electron chi connectivity index (χ3n) is 3.16. The number of hydrogen-bond acceptors (Lipinski definition) is 4. The molecule has 2 aliphatic heterocycles. The Morgan fingerprint density at radius 2 is 1.07 bits per heavy atom. The first-order chi connectivity index (χ1) is 7.45. The van der Waals surface area contributed by atoms with Crippen molar-refractivity contribution in [3.8, 4) is 0 Å². The second-order valence-electron chi connectivity index (χ2n) is 4.26. The molecule has 2 nitrogen and oxygen atoms in total. The average molecular weight is 246 g/mol. The third kappa shape index (κ3) is 4.55. The summed E-state index contributed by atoms with van der Waals surface area (Å²) in [5, 5.41) is 0. The standard InChI is InChI=1S/C11H22N2S2/c1(2-12-4-8-14-9-5-12)3-13-6-10-15-11-7-13/h1-11H2. The summed E-state index contributed by atoms with van der Waals surface area (Å²) in [6.07, 6.45) is 1.37. The van der Waals surface area contributed by atoms with Gasteiger partial charge in [-0.05, 0) is 19.5 Å². The largest absolute Gasteiger partial charge is 0.302 e. The maximum Gasteiger partial charge on any atom is 0.00727 e. The van der Waals surface area contributed by atoms with Crippen molar-refractivity contribution in [3.05, 3.63) is 0 Å². The predicted octanol–water partition coefficient (Wildman–Crippen LogP) is 1.47. The maximum atomic E-state index is 2.63. The van der Waals surface area contributed by atoms with E-state index in [4.69, 9.17) is 0 Å². The first-order valence-electron chi connectivity index (χ1n) is 6.05. The molecule has 0 aromatic carbocycles. The second-order valence-corrected chi connectivity index (χ2v) is 6.71. The summed E-state index contributed by atoms with van der Waals surface area (Å²) in [7, 11) is 0. The molecular formula is C11H22N2S2. The second kappa shape index (κ2) is 7.05.